The van der Waals surface area contributed by atoms with E-state index in [2.05, 4.69) is 69.4 Å². The molecular formula is C76H140O6. The fraction of sp³-hybridized carbons (Fsp3) is 0.855. The van der Waals surface area contributed by atoms with Gasteiger partial charge < -0.3 is 14.2 Å². The lowest BCUT2D eigenvalue weighted by Crippen LogP contribution is -2.30. The highest BCUT2D eigenvalue weighted by molar-refractivity contribution is 5.71. The van der Waals surface area contributed by atoms with Gasteiger partial charge in [0.25, 0.3) is 0 Å². The van der Waals surface area contributed by atoms with Crippen LogP contribution in [0.1, 0.15) is 400 Å². The van der Waals surface area contributed by atoms with Gasteiger partial charge in [0.1, 0.15) is 13.2 Å². The first-order chi connectivity index (χ1) is 40.5. The van der Waals surface area contributed by atoms with Gasteiger partial charge in [-0.25, -0.2) is 0 Å². The van der Waals surface area contributed by atoms with Crippen molar-refractivity contribution in [2.75, 3.05) is 13.2 Å². The maximum absolute atomic E-state index is 13.0. The van der Waals surface area contributed by atoms with E-state index in [9.17, 15) is 14.4 Å². The highest BCUT2D eigenvalue weighted by Gasteiger charge is 2.19. The Morgan fingerprint density at radius 3 is 0.695 bits per heavy atom. The van der Waals surface area contributed by atoms with Gasteiger partial charge in [0.15, 0.2) is 6.10 Å². The normalized spacial score (nSPS) is 12.3. The van der Waals surface area contributed by atoms with E-state index < -0.39 is 6.10 Å². The summed E-state index contributed by atoms with van der Waals surface area (Å²) < 4.78 is 17.0. The zero-order valence-electron chi connectivity index (χ0n) is 55.3. The smallest absolute Gasteiger partial charge is 0.306 e. The Bertz CT molecular complexity index is 1410. The van der Waals surface area contributed by atoms with Crippen LogP contribution in [0.2, 0.25) is 0 Å². The van der Waals surface area contributed by atoms with Crippen molar-refractivity contribution in [1.29, 1.82) is 0 Å². The fourth-order valence-corrected chi connectivity index (χ4v) is 11.0. The van der Waals surface area contributed by atoms with Crippen LogP contribution in [-0.2, 0) is 28.6 Å². The van der Waals surface area contributed by atoms with E-state index in [4.69, 9.17) is 14.2 Å². The van der Waals surface area contributed by atoms with Gasteiger partial charge in [0, 0.05) is 19.3 Å². The van der Waals surface area contributed by atoms with Gasteiger partial charge in [-0.05, 0) is 83.5 Å². The summed E-state index contributed by atoms with van der Waals surface area (Å²) in [7, 11) is 0. The first-order valence-electron chi connectivity index (χ1n) is 36.6. The van der Waals surface area contributed by atoms with Crippen LogP contribution in [0.15, 0.2) is 48.6 Å². The number of unbranched alkanes of at least 4 members (excludes halogenated alkanes) is 49. The minimum atomic E-state index is -0.775. The average Bonchev–Trinajstić information content (AvgIpc) is 3.47. The standard InChI is InChI=1S/C76H140O6/c1-4-7-10-13-16-19-22-25-28-30-32-34-35-36-37-38-39-40-41-42-44-45-48-51-54-57-60-63-66-69-75(78)81-72-73(71-80-74(77)68-65-62-59-56-53-50-47-27-24-21-18-15-12-9-6-3)82-76(79)70-67-64-61-58-55-52-49-46-43-33-31-29-26-23-20-17-14-11-8-5-2/h22,25,27,30,32,35-36,47,73H,4-21,23-24,26,28-29,31,33-34,37-46,48-72H2,1-3H3/b25-22-,32-30-,36-35-,47-27-. The third kappa shape index (κ3) is 68.2. The highest BCUT2D eigenvalue weighted by atomic mass is 16.6. The fourth-order valence-electron chi connectivity index (χ4n) is 11.0. The Labute approximate surface area is 511 Å². The minimum absolute atomic E-state index is 0.0710. The van der Waals surface area contributed by atoms with Crippen molar-refractivity contribution in [2.45, 2.75) is 406 Å². The molecule has 0 aromatic carbocycles. The SMILES string of the molecule is CCCCCCC/C=C\C/C=C\C/C=C\CCCCCCCCCCCCCCCCC(=O)OCC(COC(=O)CCCCCCC/C=C\CCCCCCCC)OC(=O)CCCCCCCCCCCCCCCCCCCCCC. The molecule has 82 heavy (non-hydrogen) atoms. The van der Waals surface area contributed by atoms with Gasteiger partial charge in [-0.3, -0.25) is 14.4 Å². The summed E-state index contributed by atoms with van der Waals surface area (Å²) in [6, 6.07) is 0. The Balaban J connectivity index is 4.24. The summed E-state index contributed by atoms with van der Waals surface area (Å²) in [4.78, 5) is 38.5. The van der Waals surface area contributed by atoms with Crippen molar-refractivity contribution >= 4 is 17.9 Å². The first-order valence-corrected chi connectivity index (χ1v) is 36.6. The lowest BCUT2D eigenvalue weighted by atomic mass is 10.0. The Hall–Kier alpha value is -2.63. The molecule has 480 valence electrons. The number of hydrogen-bond acceptors (Lipinski definition) is 6. The second-order valence-corrected chi connectivity index (χ2v) is 24.9. The van der Waals surface area contributed by atoms with E-state index in [1.165, 1.54) is 283 Å². The van der Waals surface area contributed by atoms with Gasteiger partial charge >= 0.3 is 17.9 Å². The molecule has 6 nitrogen and oxygen atoms in total. The van der Waals surface area contributed by atoms with Crippen molar-refractivity contribution in [3.63, 3.8) is 0 Å². The van der Waals surface area contributed by atoms with Gasteiger partial charge in [0.2, 0.25) is 0 Å². The molecule has 0 amide bonds. The van der Waals surface area contributed by atoms with Crippen LogP contribution in [0, 0.1) is 0 Å². The second-order valence-electron chi connectivity index (χ2n) is 24.9. The third-order valence-corrected chi connectivity index (χ3v) is 16.6. The van der Waals surface area contributed by atoms with Gasteiger partial charge in [-0.15, -0.1) is 0 Å². The van der Waals surface area contributed by atoms with Crippen molar-refractivity contribution in [2.24, 2.45) is 0 Å². The zero-order valence-corrected chi connectivity index (χ0v) is 55.3. The highest BCUT2D eigenvalue weighted by Crippen LogP contribution is 2.18. The van der Waals surface area contributed by atoms with Crippen LogP contribution in [0.5, 0.6) is 0 Å². The van der Waals surface area contributed by atoms with Crippen LogP contribution < -0.4 is 0 Å². The average molecular weight is 1150 g/mol. The summed E-state index contributed by atoms with van der Waals surface area (Å²) in [5.41, 5.74) is 0. The van der Waals surface area contributed by atoms with Crippen molar-refractivity contribution < 1.29 is 28.6 Å². The number of carbonyl (C=O) groups excluding carboxylic acids is 3. The zero-order chi connectivity index (χ0) is 59.2. The minimum Gasteiger partial charge on any atom is -0.462 e. The lowest BCUT2D eigenvalue weighted by molar-refractivity contribution is -0.167. The van der Waals surface area contributed by atoms with Crippen LogP contribution in [0.4, 0.5) is 0 Å². The molecule has 0 aliphatic rings. The lowest BCUT2D eigenvalue weighted by Gasteiger charge is -2.18. The summed E-state index contributed by atoms with van der Waals surface area (Å²) >= 11 is 0. The Kier molecular flexibility index (Phi) is 68.6. The molecule has 0 saturated carbocycles. The van der Waals surface area contributed by atoms with Crippen LogP contribution in [-0.4, -0.2) is 37.2 Å². The van der Waals surface area contributed by atoms with Crippen LogP contribution in [0.25, 0.3) is 0 Å². The van der Waals surface area contributed by atoms with Crippen molar-refractivity contribution in [3.05, 3.63) is 48.6 Å². The Morgan fingerprint density at radius 1 is 0.244 bits per heavy atom. The molecule has 0 aromatic heterocycles. The first kappa shape index (κ1) is 79.4. The molecule has 0 aliphatic carbocycles. The summed E-state index contributed by atoms with van der Waals surface area (Å²) in [6.45, 7) is 6.69. The van der Waals surface area contributed by atoms with Crippen LogP contribution in [0.3, 0.4) is 0 Å². The molecule has 0 rings (SSSR count). The molecule has 0 fully saturated rings. The second kappa shape index (κ2) is 70.9. The van der Waals surface area contributed by atoms with Crippen molar-refractivity contribution in [1.82, 2.24) is 0 Å². The molecule has 0 heterocycles. The maximum atomic E-state index is 13.0. The monoisotopic (exact) mass is 1150 g/mol. The molecule has 0 radical (unpaired) electrons. The number of allylic oxidation sites excluding steroid dienone is 8. The quantitative estimate of drug-likeness (QED) is 0.0261. The number of rotatable bonds is 68. The van der Waals surface area contributed by atoms with Gasteiger partial charge in [0.05, 0.1) is 0 Å². The number of carbonyl (C=O) groups is 3. The molecule has 0 spiro atoms. The number of esters is 3. The third-order valence-electron chi connectivity index (χ3n) is 16.6. The molecule has 0 aliphatic heterocycles. The largest absolute Gasteiger partial charge is 0.462 e. The van der Waals surface area contributed by atoms with E-state index in [0.29, 0.717) is 19.3 Å². The predicted molar refractivity (Wildman–Crippen MR) is 358 cm³/mol. The molecule has 0 saturated heterocycles. The molecular weight excluding hydrogens is 1010 g/mol. The van der Waals surface area contributed by atoms with E-state index in [1.54, 1.807) is 0 Å². The molecule has 6 heteroatoms. The Morgan fingerprint density at radius 2 is 0.439 bits per heavy atom. The van der Waals surface area contributed by atoms with E-state index in [0.717, 1.165) is 77.0 Å². The number of ether oxygens (including phenoxy) is 3. The van der Waals surface area contributed by atoms with E-state index >= 15 is 0 Å². The summed E-state index contributed by atoms with van der Waals surface area (Å²) in [6.07, 6.45) is 90.0. The molecule has 0 aromatic rings. The van der Waals surface area contributed by atoms with Gasteiger partial charge in [-0.2, -0.15) is 0 Å². The summed E-state index contributed by atoms with van der Waals surface area (Å²) in [5.74, 6) is -0.851. The molecule has 1 unspecified atom stereocenters. The van der Waals surface area contributed by atoms with Crippen molar-refractivity contribution in [3.8, 4) is 0 Å². The van der Waals surface area contributed by atoms with Crippen LogP contribution >= 0.6 is 0 Å². The molecule has 0 N–H and O–H groups in total. The number of hydrogen-bond donors (Lipinski definition) is 0. The topological polar surface area (TPSA) is 78.9 Å². The molecule has 1 atom stereocenters. The van der Waals surface area contributed by atoms with E-state index in [-0.39, 0.29) is 31.1 Å². The van der Waals surface area contributed by atoms with E-state index in [1.807, 2.05) is 0 Å². The molecule has 0 bridgehead atoms. The summed E-state index contributed by atoms with van der Waals surface area (Å²) in [5, 5.41) is 0. The van der Waals surface area contributed by atoms with Gasteiger partial charge in [-0.1, -0.05) is 345 Å². The maximum Gasteiger partial charge on any atom is 0.306 e. The predicted octanol–water partition coefficient (Wildman–Crippen LogP) is 25.3.